The lowest BCUT2D eigenvalue weighted by Crippen LogP contribution is -2.30. The first kappa shape index (κ1) is 18.4. The summed E-state index contributed by atoms with van der Waals surface area (Å²) in [6.07, 6.45) is 0.236. The van der Waals surface area contributed by atoms with Gasteiger partial charge in [0.25, 0.3) is 5.91 Å². The molecule has 0 heterocycles. The lowest BCUT2D eigenvalue weighted by Gasteiger charge is -2.16. The Bertz CT molecular complexity index is 689. The zero-order chi connectivity index (χ0) is 17.5. The van der Waals surface area contributed by atoms with Gasteiger partial charge in [0.15, 0.2) is 6.10 Å². The van der Waals surface area contributed by atoms with Crippen LogP contribution in [-0.2, 0) is 4.79 Å². The van der Waals surface area contributed by atoms with Crippen LogP contribution in [0.15, 0.2) is 42.5 Å². The molecule has 24 heavy (non-hydrogen) atoms. The fourth-order valence-corrected chi connectivity index (χ4v) is 2.37. The SMILES string of the molecule is CCCOc1ccc(NC(=O)[C@@H](C)Oc2ccc(Cl)cc2Cl)cc1. The summed E-state index contributed by atoms with van der Waals surface area (Å²) < 4.78 is 11.1. The van der Waals surface area contributed by atoms with Crippen molar-refractivity contribution in [3.8, 4) is 11.5 Å². The minimum absolute atomic E-state index is 0.275. The van der Waals surface area contributed by atoms with Gasteiger partial charge in [-0.25, -0.2) is 0 Å². The van der Waals surface area contributed by atoms with E-state index in [2.05, 4.69) is 5.32 Å². The first-order valence-electron chi connectivity index (χ1n) is 7.65. The first-order chi connectivity index (χ1) is 11.5. The fourth-order valence-electron chi connectivity index (χ4n) is 1.91. The molecule has 0 spiro atoms. The van der Waals surface area contributed by atoms with Gasteiger partial charge in [0.2, 0.25) is 0 Å². The zero-order valence-corrected chi connectivity index (χ0v) is 15.0. The number of carbonyl (C=O) groups is 1. The van der Waals surface area contributed by atoms with Crippen molar-refractivity contribution in [2.45, 2.75) is 26.4 Å². The molecule has 0 bridgehead atoms. The molecule has 4 nitrogen and oxygen atoms in total. The van der Waals surface area contributed by atoms with Gasteiger partial charge in [-0.15, -0.1) is 0 Å². The van der Waals surface area contributed by atoms with Gasteiger partial charge < -0.3 is 14.8 Å². The van der Waals surface area contributed by atoms with Crippen LogP contribution in [0.4, 0.5) is 5.69 Å². The maximum atomic E-state index is 12.2. The Balaban J connectivity index is 1.93. The largest absolute Gasteiger partial charge is 0.494 e. The van der Waals surface area contributed by atoms with E-state index in [4.69, 9.17) is 32.7 Å². The standard InChI is InChI=1S/C18H19Cl2NO3/c1-3-10-23-15-7-5-14(6-8-15)21-18(22)12(2)24-17-9-4-13(19)11-16(17)20/h4-9,11-12H,3,10H2,1-2H3,(H,21,22)/t12-/m1/s1. The quantitative estimate of drug-likeness (QED) is 0.732. The number of ether oxygens (including phenoxy) is 2. The summed E-state index contributed by atoms with van der Waals surface area (Å²) in [6, 6.07) is 12.0. The van der Waals surface area contributed by atoms with Crippen LogP contribution in [0.25, 0.3) is 0 Å². The number of carbonyl (C=O) groups excluding carboxylic acids is 1. The Morgan fingerprint density at radius 2 is 1.88 bits per heavy atom. The molecule has 1 atom stereocenters. The fraction of sp³-hybridized carbons (Fsp3) is 0.278. The summed E-state index contributed by atoms with van der Waals surface area (Å²) in [5.41, 5.74) is 0.668. The molecule has 0 aliphatic carbocycles. The Morgan fingerprint density at radius 1 is 1.17 bits per heavy atom. The van der Waals surface area contributed by atoms with E-state index in [-0.39, 0.29) is 5.91 Å². The second kappa shape index (κ2) is 8.81. The van der Waals surface area contributed by atoms with Gasteiger partial charge in [-0.05, 0) is 55.8 Å². The zero-order valence-electron chi connectivity index (χ0n) is 13.5. The Hall–Kier alpha value is -1.91. The third-order valence-electron chi connectivity index (χ3n) is 3.16. The predicted molar refractivity (Wildman–Crippen MR) is 97.4 cm³/mol. The van der Waals surface area contributed by atoms with Crippen molar-refractivity contribution in [1.82, 2.24) is 0 Å². The molecule has 128 valence electrons. The third kappa shape index (κ3) is 5.32. The number of rotatable bonds is 7. The molecule has 2 aromatic carbocycles. The summed E-state index contributed by atoms with van der Waals surface area (Å²) in [5.74, 6) is 0.905. The minimum Gasteiger partial charge on any atom is -0.494 e. The van der Waals surface area contributed by atoms with Crippen molar-refractivity contribution in [1.29, 1.82) is 0 Å². The molecule has 0 saturated carbocycles. The number of halogens is 2. The molecule has 0 fully saturated rings. The molecule has 6 heteroatoms. The van der Waals surface area contributed by atoms with E-state index in [0.717, 1.165) is 12.2 Å². The van der Waals surface area contributed by atoms with Gasteiger partial charge in [-0.1, -0.05) is 30.1 Å². The monoisotopic (exact) mass is 367 g/mol. The van der Waals surface area contributed by atoms with Crippen LogP contribution in [0.2, 0.25) is 10.0 Å². The number of benzene rings is 2. The van der Waals surface area contributed by atoms with Crippen molar-refractivity contribution in [2.24, 2.45) is 0 Å². The molecule has 1 N–H and O–H groups in total. The van der Waals surface area contributed by atoms with Gasteiger partial charge in [0, 0.05) is 10.7 Å². The molecule has 0 saturated heterocycles. The average Bonchev–Trinajstić information content (AvgIpc) is 2.56. The molecular weight excluding hydrogens is 349 g/mol. The molecule has 0 aliphatic heterocycles. The number of amides is 1. The Labute approximate surface area is 151 Å². The van der Waals surface area contributed by atoms with Crippen molar-refractivity contribution in [2.75, 3.05) is 11.9 Å². The molecule has 2 aromatic rings. The van der Waals surface area contributed by atoms with Gasteiger partial charge in [-0.3, -0.25) is 4.79 Å². The van der Waals surface area contributed by atoms with Gasteiger partial charge >= 0.3 is 0 Å². The van der Waals surface area contributed by atoms with Crippen molar-refractivity contribution in [3.05, 3.63) is 52.5 Å². The highest BCUT2D eigenvalue weighted by Gasteiger charge is 2.16. The highest BCUT2D eigenvalue weighted by Crippen LogP contribution is 2.28. The predicted octanol–water partition coefficient (Wildman–Crippen LogP) is 5.19. The van der Waals surface area contributed by atoms with Gasteiger partial charge in [0.1, 0.15) is 11.5 Å². The van der Waals surface area contributed by atoms with Crippen molar-refractivity contribution >= 4 is 34.8 Å². The topological polar surface area (TPSA) is 47.6 Å². The third-order valence-corrected chi connectivity index (χ3v) is 3.69. The van der Waals surface area contributed by atoms with Crippen LogP contribution in [0.5, 0.6) is 11.5 Å². The molecule has 2 rings (SSSR count). The lowest BCUT2D eigenvalue weighted by molar-refractivity contribution is -0.122. The molecule has 0 unspecified atom stereocenters. The van der Waals surface area contributed by atoms with E-state index in [1.54, 1.807) is 37.3 Å². The van der Waals surface area contributed by atoms with E-state index in [0.29, 0.717) is 28.1 Å². The van der Waals surface area contributed by atoms with E-state index in [1.165, 1.54) is 0 Å². The summed E-state index contributed by atoms with van der Waals surface area (Å²) in [5, 5.41) is 3.66. The number of nitrogens with one attached hydrogen (secondary N) is 1. The second-order valence-corrected chi connectivity index (χ2v) is 6.04. The molecular formula is C18H19Cl2NO3. The van der Waals surface area contributed by atoms with Crippen molar-refractivity contribution < 1.29 is 14.3 Å². The van der Waals surface area contributed by atoms with E-state index >= 15 is 0 Å². The van der Waals surface area contributed by atoms with Crippen LogP contribution in [0.3, 0.4) is 0 Å². The summed E-state index contributed by atoms with van der Waals surface area (Å²) >= 11 is 11.9. The average molecular weight is 368 g/mol. The molecule has 0 aromatic heterocycles. The number of hydrogen-bond donors (Lipinski definition) is 1. The maximum absolute atomic E-state index is 12.2. The van der Waals surface area contributed by atoms with E-state index in [9.17, 15) is 4.79 Å². The van der Waals surface area contributed by atoms with Crippen molar-refractivity contribution in [3.63, 3.8) is 0 Å². The summed E-state index contributed by atoms with van der Waals surface area (Å²) in [6.45, 7) is 4.36. The summed E-state index contributed by atoms with van der Waals surface area (Å²) in [4.78, 5) is 12.2. The number of anilines is 1. The summed E-state index contributed by atoms with van der Waals surface area (Å²) in [7, 11) is 0. The van der Waals surface area contributed by atoms with Crippen LogP contribution in [0.1, 0.15) is 20.3 Å². The highest BCUT2D eigenvalue weighted by atomic mass is 35.5. The highest BCUT2D eigenvalue weighted by molar-refractivity contribution is 6.35. The normalized spacial score (nSPS) is 11.7. The van der Waals surface area contributed by atoms with Crippen LogP contribution >= 0.6 is 23.2 Å². The van der Waals surface area contributed by atoms with Crippen LogP contribution in [-0.4, -0.2) is 18.6 Å². The smallest absolute Gasteiger partial charge is 0.265 e. The Kier molecular flexibility index (Phi) is 6.76. The second-order valence-electron chi connectivity index (χ2n) is 5.20. The van der Waals surface area contributed by atoms with E-state index in [1.807, 2.05) is 19.1 Å². The molecule has 0 aliphatic rings. The van der Waals surface area contributed by atoms with Crippen LogP contribution in [0, 0.1) is 0 Å². The van der Waals surface area contributed by atoms with Gasteiger partial charge in [-0.2, -0.15) is 0 Å². The van der Waals surface area contributed by atoms with Gasteiger partial charge in [0.05, 0.1) is 11.6 Å². The van der Waals surface area contributed by atoms with E-state index < -0.39 is 6.10 Å². The number of hydrogen-bond acceptors (Lipinski definition) is 3. The minimum atomic E-state index is -0.709. The molecule has 0 radical (unpaired) electrons. The molecule has 1 amide bonds. The van der Waals surface area contributed by atoms with Crippen LogP contribution < -0.4 is 14.8 Å². The first-order valence-corrected chi connectivity index (χ1v) is 8.40. The Morgan fingerprint density at radius 3 is 2.50 bits per heavy atom. The maximum Gasteiger partial charge on any atom is 0.265 e. The lowest BCUT2D eigenvalue weighted by atomic mass is 10.2.